The Hall–Kier alpha value is -2.04. The van der Waals surface area contributed by atoms with Gasteiger partial charge < -0.3 is 15.7 Å². The van der Waals surface area contributed by atoms with Gasteiger partial charge in [0, 0.05) is 6.04 Å². The summed E-state index contributed by atoms with van der Waals surface area (Å²) in [5.41, 5.74) is 2.60. The Kier molecular flexibility index (Phi) is 5.20. The van der Waals surface area contributed by atoms with Gasteiger partial charge >= 0.3 is 12.0 Å². The number of hydrogen-bond donors (Lipinski definition) is 3. The lowest BCUT2D eigenvalue weighted by molar-refractivity contribution is -0.139. The first-order valence-electron chi connectivity index (χ1n) is 7.46. The van der Waals surface area contributed by atoms with Crippen molar-refractivity contribution in [1.82, 2.24) is 10.6 Å². The molecule has 2 rings (SSSR count). The van der Waals surface area contributed by atoms with Gasteiger partial charge in [-0.3, -0.25) is 0 Å². The third kappa shape index (κ3) is 4.21. The lowest BCUT2D eigenvalue weighted by Crippen LogP contribution is -2.50. The second-order valence-electron chi connectivity index (χ2n) is 5.51. The molecule has 1 unspecified atom stereocenters. The van der Waals surface area contributed by atoms with Crippen LogP contribution in [0.15, 0.2) is 24.3 Å². The predicted molar refractivity (Wildman–Crippen MR) is 80.3 cm³/mol. The molecule has 2 amide bonds. The van der Waals surface area contributed by atoms with E-state index < -0.39 is 12.0 Å². The van der Waals surface area contributed by atoms with Crippen molar-refractivity contribution in [2.75, 3.05) is 0 Å². The minimum Gasteiger partial charge on any atom is -0.480 e. The van der Waals surface area contributed by atoms with Crippen molar-refractivity contribution in [3.63, 3.8) is 0 Å². The molecule has 0 saturated heterocycles. The maximum atomic E-state index is 11.9. The molecule has 0 radical (unpaired) electrons. The average Bonchev–Trinajstić information content (AvgIpc) is 2.46. The molecule has 5 nitrogen and oxygen atoms in total. The number of aryl methyl sites for hydroxylation is 1. The van der Waals surface area contributed by atoms with Crippen molar-refractivity contribution >= 4 is 12.0 Å². The van der Waals surface area contributed by atoms with Crippen LogP contribution in [0.4, 0.5) is 4.79 Å². The molecule has 2 atom stereocenters. The van der Waals surface area contributed by atoms with Crippen LogP contribution in [0.5, 0.6) is 0 Å². The number of rotatable bonds is 5. The van der Waals surface area contributed by atoms with Gasteiger partial charge in [-0.25, -0.2) is 9.59 Å². The maximum absolute atomic E-state index is 11.9. The zero-order valence-corrected chi connectivity index (χ0v) is 12.3. The van der Waals surface area contributed by atoms with Gasteiger partial charge in [-0.2, -0.15) is 0 Å². The second kappa shape index (κ2) is 7.11. The zero-order valence-electron chi connectivity index (χ0n) is 12.3. The lowest BCUT2D eigenvalue weighted by atomic mass is 9.88. The Morgan fingerprint density at radius 2 is 2.05 bits per heavy atom. The summed E-state index contributed by atoms with van der Waals surface area (Å²) in [6, 6.07) is 7.10. The highest BCUT2D eigenvalue weighted by Crippen LogP contribution is 2.20. The largest absolute Gasteiger partial charge is 0.480 e. The molecule has 114 valence electrons. The average molecular weight is 290 g/mol. The molecular weight excluding hydrogens is 268 g/mol. The standard InChI is InChI=1S/C16H22N2O3/c1-2-5-14(15(19)20)18-16(21)17-13-9-8-11-6-3-4-7-12(11)10-13/h3-4,6-7,13-14H,2,5,8-10H2,1H3,(H,19,20)(H2,17,18,21)/t13?,14-/m1/s1. The van der Waals surface area contributed by atoms with Gasteiger partial charge in [0.25, 0.3) is 0 Å². The smallest absolute Gasteiger partial charge is 0.326 e. The van der Waals surface area contributed by atoms with E-state index in [4.69, 9.17) is 5.11 Å². The molecule has 21 heavy (non-hydrogen) atoms. The molecule has 3 N–H and O–H groups in total. The monoisotopic (exact) mass is 290 g/mol. The number of carboxylic acids is 1. The van der Waals surface area contributed by atoms with E-state index in [2.05, 4.69) is 22.8 Å². The van der Waals surface area contributed by atoms with Crippen molar-refractivity contribution in [2.45, 2.75) is 51.1 Å². The first kappa shape index (κ1) is 15.4. The van der Waals surface area contributed by atoms with Crippen molar-refractivity contribution in [3.8, 4) is 0 Å². The fourth-order valence-corrected chi connectivity index (χ4v) is 2.75. The number of fused-ring (bicyclic) bond motifs is 1. The molecule has 0 bridgehead atoms. The summed E-state index contributed by atoms with van der Waals surface area (Å²) in [5.74, 6) is -0.985. The second-order valence-corrected chi connectivity index (χ2v) is 5.51. The molecule has 1 aromatic carbocycles. The summed E-state index contributed by atoms with van der Waals surface area (Å²) in [5, 5.41) is 14.5. The molecule has 0 aromatic heterocycles. The summed E-state index contributed by atoms with van der Waals surface area (Å²) in [6.07, 6.45) is 3.79. The Morgan fingerprint density at radius 3 is 2.71 bits per heavy atom. The fraction of sp³-hybridized carbons (Fsp3) is 0.500. The van der Waals surface area contributed by atoms with Crippen LogP contribution in [-0.2, 0) is 17.6 Å². The first-order chi connectivity index (χ1) is 10.1. The van der Waals surface area contributed by atoms with Gasteiger partial charge in [0.2, 0.25) is 0 Å². The van der Waals surface area contributed by atoms with Crippen LogP contribution >= 0.6 is 0 Å². The lowest BCUT2D eigenvalue weighted by Gasteiger charge is -2.26. The minimum absolute atomic E-state index is 0.0657. The summed E-state index contributed by atoms with van der Waals surface area (Å²) < 4.78 is 0. The Bertz CT molecular complexity index is 516. The van der Waals surface area contributed by atoms with Crippen molar-refractivity contribution in [3.05, 3.63) is 35.4 Å². The summed E-state index contributed by atoms with van der Waals surface area (Å²) in [6.45, 7) is 1.90. The van der Waals surface area contributed by atoms with Crippen LogP contribution in [0, 0.1) is 0 Å². The molecule has 0 saturated carbocycles. The Labute approximate surface area is 124 Å². The van der Waals surface area contributed by atoms with E-state index in [0.29, 0.717) is 12.8 Å². The molecule has 0 fully saturated rings. The van der Waals surface area contributed by atoms with Gasteiger partial charge in [0.05, 0.1) is 0 Å². The molecular formula is C16H22N2O3. The zero-order chi connectivity index (χ0) is 15.2. The van der Waals surface area contributed by atoms with Crippen LogP contribution in [0.2, 0.25) is 0 Å². The molecule has 1 aliphatic carbocycles. The molecule has 0 aliphatic heterocycles. The van der Waals surface area contributed by atoms with Crippen molar-refractivity contribution < 1.29 is 14.7 Å². The molecule has 0 heterocycles. The predicted octanol–water partition coefficient (Wildman–Crippen LogP) is 2.10. The number of hydrogen-bond acceptors (Lipinski definition) is 2. The minimum atomic E-state index is -0.985. The van der Waals surface area contributed by atoms with Crippen LogP contribution in [0.1, 0.15) is 37.3 Å². The van der Waals surface area contributed by atoms with E-state index in [1.807, 2.05) is 19.1 Å². The number of carbonyl (C=O) groups excluding carboxylic acids is 1. The summed E-state index contributed by atoms with van der Waals surface area (Å²) >= 11 is 0. The Balaban J connectivity index is 1.88. The summed E-state index contributed by atoms with van der Waals surface area (Å²) in [4.78, 5) is 23.0. The number of benzene rings is 1. The molecule has 5 heteroatoms. The molecule has 1 aliphatic rings. The van der Waals surface area contributed by atoms with Gasteiger partial charge in [-0.1, -0.05) is 37.6 Å². The van der Waals surface area contributed by atoms with E-state index >= 15 is 0 Å². The third-order valence-electron chi connectivity index (χ3n) is 3.86. The van der Waals surface area contributed by atoms with E-state index in [1.165, 1.54) is 11.1 Å². The van der Waals surface area contributed by atoms with E-state index in [0.717, 1.165) is 19.3 Å². The van der Waals surface area contributed by atoms with E-state index in [9.17, 15) is 9.59 Å². The number of aliphatic carboxylic acids is 1. The van der Waals surface area contributed by atoms with Gasteiger partial charge in [0.1, 0.15) is 6.04 Å². The number of carboxylic acid groups (broad SMARTS) is 1. The fourth-order valence-electron chi connectivity index (χ4n) is 2.75. The van der Waals surface area contributed by atoms with E-state index in [-0.39, 0.29) is 12.1 Å². The molecule has 1 aromatic rings. The van der Waals surface area contributed by atoms with Gasteiger partial charge in [-0.15, -0.1) is 0 Å². The number of urea groups is 1. The highest BCUT2D eigenvalue weighted by molar-refractivity contribution is 5.82. The van der Waals surface area contributed by atoms with Crippen LogP contribution in [0.25, 0.3) is 0 Å². The van der Waals surface area contributed by atoms with Crippen molar-refractivity contribution in [1.29, 1.82) is 0 Å². The topological polar surface area (TPSA) is 78.4 Å². The van der Waals surface area contributed by atoms with Crippen LogP contribution < -0.4 is 10.6 Å². The quantitative estimate of drug-likeness (QED) is 0.777. The van der Waals surface area contributed by atoms with Crippen LogP contribution in [0.3, 0.4) is 0 Å². The van der Waals surface area contributed by atoms with Gasteiger partial charge in [-0.05, 0) is 36.8 Å². The first-order valence-corrected chi connectivity index (χ1v) is 7.46. The normalized spacial score (nSPS) is 18.4. The SMILES string of the molecule is CCC[C@@H](NC(=O)NC1CCc2ccccc2C1)C(=O)O. The van der Waals surface area contributed by atoms with E-state index in [1.54, 1.807) is 0 Å². The number of carbonyl (C=O) groups is 2. The summed E-state index contributed by atoms with van der Waals surface area (Å²) in [7, 11) is 0. The number of amides is 2. The Morgan fingerprint density at radius 1 is 1.33 bits per heavy atom. The third-order valence-corrected chi connectivity index (χ3v) is 3.86. The van der Waals surface area contributed by atoms with Gasteiger partial charge in [0.15, 0.2) is 0 Å². The number of nitrogens with one attached hydrogen (secondary N) is 2. The van der Waals surface area contributed by atoms with Crippen molar-refractivity contribution in [2.24, 2.45) is 0 Å². The molecule has 0 spiro atoms. The highest BCUT2D eigenvalue weighted by Gasteiger charge is 2.23. The highest BCUT2D eigenvalue weighted by atomic mass is 16.4. The maximum Gasteiger partial charge on any atom is 0.326 e. The van der Waals surface area contributed by atoms with Crippen LogP contribution in [-0.4, -0.2) is 29.2 Å².